The summed E-state index contributed by atoms with van der Waals surface area (Å²) in [6.45, 7) is 2.85. The largest absolute Gasteiger partial charge is 0.379 e. The highest BCUT2D eigenvalue weighted by molar-refractivity contribution is 6.17. The van der Waals surface area contributed by atoms with E-state index in [0.29, 0.717) is 19.1 Å². The molecule has 2 aromatic rings. The van der Waals surface area contributed by atoms with Crippen molar-refractivity contribution in [3.05, 3.63) is 30.0 Å². The number of benzene rings is 1. The third kappa shape index (κ3) is 3.22. The van der Waals surface area contributed by atoms with Gasteiger partial charge in [-0.15, -0.1) is 11.6 Å². The molecule has 1 aromatic carbocycles. The third-order valence-corrected chi connectivity index (χ3v) is 2.93. The molecule has 5 heteroatoms. The summed E-state index contributed by atoms with van der Waals surface area (Å²) in [5.74, 6) is 0.547. The number of nitrogens with one attached hydrogen (secondary N) is 1. The fourth-order valence-electron chi connectivity index (χ4n) is 1.93. The fourth-order valence-corrected chi connectivity index (χ4v) is 2.04. The molecule has 0 spiro atoms. The van der Waals surface area contributed by atoms with Crippen molar-refractivity contribution in [1.29, 1.82) is 0 Å². The van der Waals surface area contributed by atoms with Gasteiger partial charge in [0.1, 0.15) is 0 Å². The molecule has 0 aliphatic carbocycles. The molecule has 18 heavy (non-hydrogen) atoms. The number of para-hydroxylation sites is 1. The predicted molar refractivity (Wildman–Crippen MR) is 74.0 cm³/mol. The average molecular weight is 268 g/mol. The van der Waals surface area contributed by atoms with Gasteiger partial charge in [-0.2, -0.15) is 5.10 Å². The van der Waals surface area contributed by atoms with Crippen molar-refractivity contribution >= 4 is 22.5 Å². The number of rotatable bonds is 7. The number of fused-ring (bicyclic) bond motifs is 1. The van der Waals surface area contributed by atoms with Crippen molar-refractivity contribution < 1.29 is 4.74 Å². The van der Waals surface area contributed by atoms with E-state index in [2.05, 4.69) is 22.5 Å². The van der Waals surface area contributed by atoms with Crippen LogP contribution in [0.15, 0.2) is 24.3 Å². The Morgan fingerprint density at radius 1 is 1.33 bits per heavy atom. The van der Waals surface area contributed by atoms with Crippen LogP contribution in [0.4, 0.5) is 0 Å². The van der Waals surface area contributed by atoms with E-state index in [1.165, 1.54) is 5.39 Å². The summed E-state index contributed by atoms with van der Waals surface area (Å²) < 4.78 is 7.21. The van der Waals surface area contributed by atoms with Gasteiger partial charge in [0.05, 0.1) is 24.4 Å². The number of hydrogen-bond acceptors (Lipinski definition) is 3. The van der Waals surface area contributed by atoms with Crippen molar-refractivity contribution in [1.82, 2.24) is 15.1 Å². The SMILES string of the molecule is Cn1nc(CNCCOCCCl)c2ccccc21. The summed E-state index contributed by atoms with van der Waals surface area (Å²) in [4.78, 5) is 0. The van der Waals surface area contributed by atoms with Crippen molar-refractivity contribution in [2.24, 2.45) is 7.05 Å². The summed E-state index contributed by atoms with van der Waals surface area (Å²) in [5.41, 5.74) is 2.23. The molecule has 0 amide bonds. The normalized spacial score (nSPS) is 11.2. The molecule has 2 rings (SSSR count). The van der Waals surface area contributed by atoms with E-state index >= 15 is 0 Å². The zero-order valence-corrected chi connectivity index (χ0v) is 11.3. The Labute approximate surface area is 112 Å². The molecule has 1 heterocycles. The quantitative estimate of drug-likeness (QED) is 0.615. The van der Waals surface area contributed by atoms with Crippen molar-refractivity contribution in [3.63, 3.8) is 0 Å². The molecule has 0 atom stereocenters. The molecule has 0 radical (unpaired) electrons. The number of nitrogens with zero attached hydrogens (tertiary/aromatic N) is 2. The van der Waals surface area contributed by atoms with Crippen molar-refractivity contribution in [2.75, 3.05) is 25.6 Å². The van der Waals surface area contributed by atoms with Crippen molar-refractivity contribution in [2.45, 2.75) is 6.54 Å². The average Bonchev–Trinajstić information content (AvgIpc) is 2.71. The highest BCUT2D eigenvalue weighted by atomic mass is 35.5. The third-order valence-electron chi connectivity index (χ3n) is 2.77. The van der Waals surface area contributed by atoms with E-state index in [4.69, 9.17) is 16.3 Å². The van der Waals surface area contributed by atoms with Crippen molar-refractivity contribution in [3.8, 4) is 0 Å². The second-order valence-electron chi connectivity index (χ2n) is 4.07. The molecule has 98 valence electrons. The standard InChI is InChI=1S/C13H18ClN3O/c1-17-13-5-3-2-4-11(13)12(16-17)10-15-7-9-18-8-6-14/h2-5,15H,6-10H2,1H3. The minimum Gasteiger partial charge on any atom is -0.379 e. The van der Waals surface area contributed by atoms with Crippen LogP contribution in [-0.4, -0.2) is 35.4 Å². The monoisotopic (exact) mass is 267 g/mol. The van der Waals surface area contributed by atoms with Gasteiger partial charge in [0, 0.05) is 31.4 Å². The summed E-state index contributed by atoms with van der Waals surface area (Å²) >= 11 is 5.52. The van der Waals surface area contributed by atoms with Crippen LogP contribution in [0, 0.1) is 0 Å². The van der Waals surface area contributed by atoms with E-state index in [1.54, 1.807) is 0 Å². The highest BCUT2D eigenvalue weighted by Gasteiger charge is 2.06. The molecule has 0 bridgehead atoms. The Hall–Kier alpha value is -1.10. The van der Waals surface area contributed by atoms with E-state index < -0.39 is 0 Å². The lowest BCUT2D eigenvalue weighted by molar-refractivity contribution is 0.151. The molecular formula is C13H18ClN3O. The first-order valence-corrected chi connectivity index (χ1v) is 6.61. The lowest BCUT2D eigenvalue weighted by Gasteiger charge is -2.03. The Morgan fingerprint density at radius 2 is 2.17 bits per heavy atom. The minimum absolute atomic E-state index is 0.547. The Balaban J connectivity index is 1.88. The van der Waals surface area contributed by atoms with Crippen LogP contribution in [0.2, 0.25) is 0 Å². The van der Waals surface area contributed by atoms with Gasteiger partial charge in [-0.1, -0.05) is 18.2 Å². The molecule has 0 aliphatic rings. The maximum Gasteiger partial charge on any atom is 0.0841 e. The fraction of sp³-hybridized carbons (Fsp3) is 0.462. The Kier molecular flexibility index (Phi) is 4.99. The molecule has 4 nitrogen and oxygen atoms in total. The van der Waals surface area contributed by atoms with Gasteiger partial charge in [0.15, 0.2) is 0 Å². The molecule has 1 N–H and O–H groups in total. The van der Waals surface area contributed by atoms with Crippen LogP contribution in [0.1, 0.15) is 5.69 Å². The lowest BCUT2D eigenvalue weighted by atomic mass is 10.2. The van der Waals surface area contributed by atoms with Crippen LogP contribution in [-0.2, 0) is 18.3 Å². The van der Waals surface area contributed by atoms with Gasteiger partial charge in [-0.05, 0) is 6.07 Å². The number of alkyl halides is 1. The maximum atomic E-state index is 5.52. The first-order chi connectivity index (χ1) is 8.83. The van der Waals surface area contributed by atoms with Gasteiger partial charge in [0.2, 0.25) is 0 Å². The van der Waals surface area contributed by atoms with Gasteiger partial charge >= 0.3 is 0 Å². The van der Waals surface area contributed by atoms with Gasteiger partial charge < -0.3 is 10.1 Å². The second kappa shape index (κ2) is 6.73. The van der Waals surface area contributed by atoms with E-state index in [0.717, 1.165) is 24.3 Å². The molecule has 0 saturated carbocycles. The smallest absolute Gasteiger partial charge is 0.0841 e. The van der Waals surface area contributed by atoms with Crippen LogP contribution >= 0.6 is 11.6 Å². The lowest BCUT2D eigenvalue weighted by Crippen LogP contribution is -2.20. The number of halogens is 1. The topological polar surface area (TPSA) is 39.1 Å². The Morgan fingerprint density at radius 3 is 3.00 bits per heavy atom. The molecular weight excluding hydrogens is 250 g/mol. The van der Waals surface area contributed by atoms with E-state index in [9.17, 15) is 0 Å². The highest BCUT2D eigenvalue weighted by Crippen LogP contribution is 2.16. The summed E-state index contributed by atoms with van der Waals surface area (Å²) in [6, 6.07) is 8.25. The molecule has 1 aromatic heterocycles. The number of aryl methyl sites for hydroxylation is 1. The van der Waals surface area contributed by atoms with Crippen LogP contribution in [0.3, 0.4) is 0 Å². The Bertz CT molecular complexity index is 498. The summed E-state index contributed by atoms with van der Waals surface area (Å²) in [6.07, 6.45) is 0. The number of hydrogen-bond donors (Lipinski definition) is 1. The van der Waals surface area contributed by atoms with E-state index in [-0.39, 0.29) is 0 Å². The maximum absolute atomic E-state index is 5.52. The predicted octanol–water partition coefficient (Wildman–Crippen LogP) is 1.92. The summed E-state index contributed by atoms with van der Waals surface area (Å²) in [5, 5.41) is 9.04. The first-order valence-electron chi connectivity index (χ1n) is 6.08. The minimum atomic E-state index is 0.547. The van der Waals surface area contributed by atoms with E-state index in [1.807, 2.05) is 23.9 Å². The van der Waals surface area contributed by atoms with Gasteiger partial charge in [0.25, 0.3) is 0 Å². The zero-order chi connectivity index (χ0) is 12.8. The van der Waals surface area contributed by atoms with Gasteiger partial charge in [-0.25, -0.2) is 0 Å². The molecule has 0 fully saturated rings. The molecule has 0 saturated heterocycles. The first kappa shape index (κ1) is 13.3. The van der Waals surface area contributed by atoms with Crippen LogP contribution in [0.5, 0.6) is 0 Å². The molecule has 0 unspecified atom stereocenters. The zero-order valence-electron chi connectivity index (χ0n) is 10.5. The van der Waals surface area contributed by atoms with Gasteiger partial charge in [-0.3, -0.25) is 4.68 Å². The van der Waals surface area contributed by atoms with Crippen LogP contribution < -0.4 is 5.32 Å². The number of ether oxygens (including phenoxy) is 1. The number of aromatic nitrogens is 2. The summed E-state index contributed by atoms with van der Waals surface area (Å²) in [7, 11) is 1.97. The molecule has 0 aliphatic heterocycles. The van der Waals surface area contributed by atoms with Crippen LogP contribution in [0.25, 0.3) is 10.9 Å². The second-order valence-corrected chi connectivity index (χ2v) is 4.44.